The molecule has 0 spiro atoms. The van der Waals surface area contributed by atoms with E-state index in [0.29, 0.717) is 16.5 Å². The molecule has 17 heavy (non-hydrogen) atoms. The molecule has 5 nitrogen and oxygen atoms in total. The van der Waals surface area contributed by atoms with E-state index in [0.717, 1.165) is 0 Å². The van der Waals surface area contributed by atoms with Crippen LogP contribution in [0.4, 0.5) is 0 Å². The molecular formula is C10H7ClO5S. The number of halogens is 1. The third-order valence-electron chi connectivity index (χ3n) is 2.38. The Morgan fingerprint density at radius 1 is 1.41 bits per heavy atom. The molecule has 1 aromatic carbocycles. The second-order valence-corrected chi connectivity index (χ2v) is 6.02. The van der Waals surface area contributed by atoms with E-state index in [4.69, 9.17) is 20.2 Å². The van der Waals surface area contributed by atoms with Crippen LogP contribution >= 0.6 is 10.7 Å². The van der Waals surface area contributed by atoms with Gasteiger partial charge in [0.2, 0.25) is 5.76 Å². The van der Waals surface area contributed by atoms with Crippen molar-refractivity contribution in [1.82, 2.24) is 0 Å². The predicted molar refractivity (Wildman–Crippen MR) is 60.9 cm³/mol. The van der Waals surface area contributed by atoms with Crippen LogP contribution in [0.1, 0.15) is 16.1 Å². The van der Waals surface area contributed by atoms with Crippen LogP contribution in [0, 0.1) is 6.92 Å². The predicted octanol–water partition coefficient (Wildman–Crippen LogP) is 2.37. The molecule has 90 valence electrons. The number of rotatable bonds is 2. The Morgan fingerprint density at radius 2 is 2.06 bits per heavy atom. The second kappa shape index (κ2) is 3.75. The van der Waals surface area contributed by atoms with E-state index < -0.39 is 15.0 Å². The summed E-state index contributed by atoms with van der Waals surface area (Å²) < 4.78 is 27.4. The quantitative estimate of drug-likeness (QED) is 0.850. The Hall–Kier alpha value is -1.53. The van der Waals surface area contributed by atoms with Crippen molar-refractivity contribution in [2.75, 3.05) is 0 Å². The standard InChI is InChI=1S/C10H7ClO5S/c1-5-7-4-6(17(11,14)15)2-3-8(7)16-9(5)10(12)13/h2-4H,1H3,(H,12,13). The lowest BCUT2D eigenvalue weighted by atomic mass is 10.1. The Morgan fingerprint density at radius 3 is 2.59 bits per heavy atom. The molecule has 1 aromatic heterocycles. The average molecular weight is 275 g/mol. The van der Waals surface area contributed by atoms with Crippen LogP contribution in [0.5, 0.6) is 0 Å². The van der Waals surface area contributed by atoms with Crippen molar-refractivity contribution in [3.8, 4) is 0 Å². The summed E-state index contributed by atoms with van der Waals surface area (Å²) in [7, 11) is 1.37. The zero-order valence-electron chi connectivity index (χ0n) is 8.60. The smallest absolute Gasteiger partial charge is 0.372 e. The van der Waals surface area contributed by atoms with Gasteiger partial charge in [-0.3, -0.25) is 0 Å². The van der Waals surface area contributed by atoms with Crippen LogP contribution in [0.2, 0.25) is 0 Å². The number of aromatic carboxylic acids is 1. The molecule has 7 heteroatoms. The lowest BCUT2D eigenvalue weighted by Crippen LogP contribution is -1.95. The minimum absolute atomic E-state index is 0.0903. The Labute approximate surface area is 101 Å². The average Bonchev–Trinajstić information content (AvgIpc) is 2.54. The molecule has 0 atom stereocenters. The minimum atomic E-state index is -3.84. The molecular weight excluding hydrogens is 268 g/mol. The van der Waals surface area contributed by atoms with Crippen LogP contribution in [-0.2, 0) is 9.05 Å². The molecule has 2 rings (SSSR count). The molecule has 1 heterocycles. The maximum absolute atomic E-state index is 11.1. The van der Waals surface area contributed by atoms with Crippen LogP contribution < -0.4 is 0 Å². The normalized spacial score (nSPS) is 11.9. The summed E-state index contributed by atoms with van der Waals surface area (Å²) in [6.07, 6.45) is 0. The fourth-order valence-electron chi connectivity index (χ4n) is 1.56. The van der Waals surface area contributed by atoms with Gasteiger partial charge in [0.15, 0.2) is 0 Å². The first-order valence-electron chi connectivity index (χ1n) is 4.52. The summed E-state index contributed by atoms with van der Waals surface area (Å²) in [6.45, 7) is 1.54. The van der Waals surface area contributed by atoms with Crippen molar-refractivity contribution in [3.05, 3.63) is 29.5 Å². The van der Waals surface area contributed by atoms with Gasteiger partial charge in [0, 0.05) is 21.6 Å². The number of carboxylic acid groups (broad SMARTS) is 1. The zero-order chi connectivity index (χ0) is 12.8. The number of aryl methyl sites for hydroxylation is 1. The van der Waals surface area contributed by atoms with Crippen molar-refractivity contribution >= 4 is 36.7 Å². The molecule has 0 aliphatic heterocycles. The van der Waals surface area contributed by atoms with Crippen LogP contribution in [-0.4, -0.2) is 19.5 Å². The highest BCUT2D eigenvalue weighted by atomic mass is 35.7. The number of fused-ring (bicyclic) bond motifs is 1. The van der Waals surface area contributed by atoms with Gasteiger partial charge in [-0.05, 0) is 25.1 Å². The number of carboxylic acids is 1. The van der Waals surface area contributed by atoms with Crippen molar-refractivity contribution in [2.45, 2.75) is 11.8 Å². The highest BCUT2D eigenvalue weighted by molar-refractivity contribution is 8.13. The highest BCUT2D eigenvalue weighted by Crippen LogP contribution is 2.28. The third kappa shape index (κ3) is 2.01. The summed E-state index contributed by atoms with van der Waals surface area (Å²) in [6, 6.07) is 3.94. The molecule has 0 amide bonds. The minimum Gasteiger partial charge on any atom is -0.475 e. The fourth-order valence-corrected chi connectivity index (χ4v) is 2.33. The molecule has 0 fully saturated rings. The Kier molecular flexibility index (Phi) is 2.63. The first kappa shape index (κ1) is 11.9. The highest BCUT2D eigenvalue weighted by Gasteiger charge is 2.19. The van der Waals surface area contributed by atoms with E-state index in [2.05, 4.69) is 0 Å². The van der Waals surface area contributed by atoms with Gasteiger partial charge in [0.25, 0.3) is 9.05 Å². The van der Waals surface area contributed by atoms with E-state index in [1.807, 2.05) is 0 Å². The van der Waals surface area contributed by atoms with Gasteiger partial charge in [0.1, 0.15) is 5.58 Å². The van der Waals surface area contributed by atoms with Crippen molar-refractivity contribution in [3.63, 3.8) is 0 Å². The van der Waals surface area contributed by atoms with Crippen molar-refractivity contribution in [2.24, 2.45) is 0 Å². The summed E-state index contributed by atoms with van der Waals surface area (Å²) in [5, 5.41) is 9.28. The van der Waals surface area contributed by atoms with Gasteiger partial charge in [-0.15, -0.1) is 0 Å². The molecule has 0 aliphatic carbocycles. The number of carbonyl (C=O) groups is 1. The van der Waals surface area contributed by atoms with Crippen LogP contribution in [0.15, 0.2) is 27.5 Å². The van der Waals surface area contributed by atoms with E-state index in [9.17, 15) is 13.2 Å². The van der Waals surface area contributed by atoms with Gasteiger partial charge in [-0.1, -0.05) is 0 Å². The fraction of sp³-hybridized carbons (Fsp3) is 0.100. The first-order chi connectivity index (χ1) is 7.80. The van der Waals surface area contributed by atoms with Gasteiger partial charge >= 0.3 is 5.97 Å². The van der Waals surface area contributed by atoms with Crippen LogP contribution in [0.3, 0.4) is 0 Å². The SMILES string of the molecule is Cc1c(C(=O)O)oc2ccc(S(=O)(=O)Cl)cc12. The first-order valence-corrected chi connectivity index (χ1v) is 6.83. The Balaban J connectivity index is 2.78. The van der Waals surface area contributed by atoms with E-state index in [-0.39, 0.29) is 10.7 Å². The van der Waals surface area contributed by atoms with Crippen molar-refractivity contribution in [1.29, 1.82) is 0 Å². The largest absolute Gasteiger partial charge is 0.475 e. The van der Waals surface area contributed by atoms with Gasteiger partial charge in [-0.2, -0.15) is 0 Å². The monoisotopic (exact) mass is 274 g/mol. The Bertz CT molecular complexity index is 714. The summed E-state index contributed by atoms with van der Waals surface area (Å²) in [5.41, 5.74) is 0.679. The number of benzene rings is 1. The van der Waals surface area contributed by atoms with Gasteiger partial charge in [0.05, 0.1) is 4.90 Å². The summed E-state index contributed by atoms with van der Waals surface area (Å²) in [4.78, 5) is 10.7. The molecule has 0 unspecified atom stereocenters. The van der Waals surface area contributed by atoms with Crippen LogP contribution in [0.25, 0.3) is 11.0 Å². The van der Waals surface area contributed by atoms with E-state index >= 15 is 0 Å². The molecule has 1 N–H and O–H groups in total. The van der Waals surface area contributed by atoms with Gasteiger partial charge < -0.3 is 9.52 Å². The zero-order valence-corrected chi connectivity index (χ0v) is 10.2. The lowest BCUT2D eigenvalue weighted by Gasteiger charge is -1.95. The summed E-state index contributed by atoms with van der Waals surface area (Å²) >= 11 is 0. The molecule has 2 aromatic rings. The number of hydrogen-bond acceptors (Lipinski definition) is 4. The molecule has 0 saturated heterocycles. The maximum atomic E-state index is 11.1. The molecule has 0 aliphatic rings. The molecule has 0 radical (unpaired) electrons. The van der Waals surface area contributed by atoms with Crippen molar-refractivity contribution < 1.29 is 22.7 Å². The molecule has 0 bridgehead atoms. The maximum Gasteiger partial charge on any atom is 0.372 e. The second-order valence-electron chi connectivity index (χ2n) is 3.46. The van der Waals surface area contributed by atoms with E-state index in [1.54, 1.807) is 6.92 Å². The van der Waals surface area contributed by atoms with E-state index in [1.165, 1.54) is 18.2 Å². The number of furan rings is 1. The topological polar surface area (TPSA) is 84.6 Å². The third-order valence-corrected chi connectivity index (χ3v) is 3.73. The van der Waals surface area contributed by atoms with Gasteiger partial charge in [-0.25, -0.2) is 13.2 Å². The lowest BCUT2D eigenvalue weighted by molar-refractivity contribution is 0.0664. The molecule has 0 saturated carbocycles. The summed E-state index contributed by atoms with van der Waals surface area (Å²) in [5.74, 6) is -1.40. The number of hydrogen-bond donors (Lipinski definition) is 1.